The average Bonchev–Trinajstić information content (AvgIpc) is 2.31. The van der Waals surface area contributed by atoms with E-state index in [1.54, 1.807) is 6.92 Å². The molecule has 0 fully saturated rings. The predicted octanol–water partition coefficient (Wildman–Crippen LogP) is 2.45. The Balaban J connectivity index is 2.51. The number of nitrogens with zero attached hydrogens (tertiary/aromatic N) is 4. The zero-order valence-electron chi connectivity index (χ0n) is 6.12. The summed E-state index contributed by atoms with van der Waals surface area (Å²) in [4.78, 5) is 8.14. The van der Waals surface area contributed by atoms with Crippen molar-refractivity contribution in [3.8, 4) is 0 Å². The molecule has 12 heavy (non-hydrogen) atoms. The van der Waals surface area contributed by atoms with Gasteiger partial charge in [-0.15, -0.1) is 5.11 Å². The maximum atomic E-state index is 5.87. The molecule has 0 aromatic heterocycles. The van der Waals surface area contributed by atoms with Gasteiger partial charge in [0.15, 0.2) is 6.17 Å². The molecule has 62 valence electrons. The van der Waals surface area contributed by atoms with E-state index in [1.165, 1.54) is 0 Å². The quantitative estimate of drug-likeness (QED) is 0.591. The fourth-order valence-corrected chi connectivity index (χ4v) is 1.92. The van der Waals surface area contributed by atoms with Crippen LogP contribution < -0.4 is 0 Å². The van der Waals surface area contributed by atoms with E-state index in [-0.39, 0.29) is 6.17 Å². The smallest absolute Gasteiger partial charge is 0.193 e. The summed E-state index contributed by atoms with van der Waals surface area (Å²) in [5.41, 5.74) is 0.752. The highest BCUT2D eigenvalue weighted by atomic mass is 79.9. The van der Waals surface area contributed by atoms with Gasteiger partial charge in [0.1, 0.15) is 15.6 Å². The van der Waals surface area contributed by atoms with Crippen molar-refractivity contribution in [2.45, 2.75) is 13.1 Å². The lowest BCUT2D eigenvalue weighted by atomic mass is 10.2. The molecule has 0 bridgehead atoms. The van der Waals surface area contributed by atoms with Gasteiger partial charge in [0, 0.05) is 0 Å². The second-order valence-corrected chi connectivity index (χ2v) is 3.48. The highest BCUT2D eigenvalue weighted by Gasteiger charge is 2.28. The Hall–Kier alpha value is -0.550. The number of aliphatic imine (C=N–C) groups is 2. The summed E-state index contributed by atoms with van der Waals surface area (Å²) in [6.45, 7) is 1.78. The number of hydrogen-bond acceptors (Lipinski definition) is 4. The topological polar surface area (TPSA) is 49.4 Å². The number of fused-ring (bicyclic) bond motifs is 1. The molecule has 2 heterocycles. The third-order valence-corrected chi connectivity index (χ3v) is 2.40. The van der Waals surface area contributed by atoms with Gasteiger partial charge >= 0.3 is 0 Å². The van der Waals surface area contributed by atoms with Crippen molar-refractivity contribution in [1.29, 1.82) is 0 Å². The Morgan fingerprint density at radius 2 is 2.25 bits per heavy atom. The van der Waals surface area contributed by atoms with Crippen LogP contribution in [0.3, 0.4) is 0 Å². The monoisotopic (exact) mass is 246 g/mol. The Bertz CT molecular complexity index is 355. The Kier molecular flexibility index (Phi) is 1.84. The number of azo groups is 1. The van der Waals surface area contributed by atoms with Crippen LogP contribution in [0.2, 0.25) is 0 Å². The molecule has 0 saturated carbocycles. The first-order valence-electron chi connectivity index (χ1n) is 3.28. The van der Waals surface area contributed by atoms with Crippen molar-refractivity contribution in [2.24, 2.45) is 20.2 Å². The van der Waals surface area contributed by atoms with Crippen LogP contribution in [0, 0.1) is 0 Å². The maximum absolute atomic E-state index is 5.87. The standard InChI is InChI=1S/C6H4BrClN4/c1-2-9-5(8)3-4(7)11-12-6(3)10-2/h6H,1H3/t6-/m0/s1. The largest absolute Gasteiger partial charge is 0.237 e. The van der Waals surface area contributed by atoms with Crippen LogP contribution in [-0.4, -0.2) is 17.2 Å². The summed E-state index contributed by atoms with van der Waals surface area (Å²) in [5.74, 6) is 0.634. The van der Waals surface area contributed by atoms with Crippen molar-refractivity contribution >= 4 is 38.5 Å². The van der Waals surface area contributed by atoms with Crippen LogP contribution in [-0.2, 0) is 0 Å². The lowest BCUT2D eigenvalue weighted by molar-refractivity contribution is 0.826. The number of hydrogen-bond donors (Lipinski definition) is 0. The molecule has 4 nitrogen and oxygen atoms in total. The Morgan fingerprint density at radius 1 is 1.50 bits per heavy atom. The second-order valence-electron chi connectivity index (χ2n) is 2.37. The summed E-state index contributed by atoms with van der Waals surface area (Å²) < 4.78 is 0.623. The molecule has 0 aliphatic carbocycles. The minimum absolute atomic E-state index is 0.288. The molecule has 0 N–H and O–H groups in total. The van der Waals surface area contributed by atoms with E-state index in [1.807, 2.05) is 0 Å². The van der Waals surface area contributed by atoms with Crippen LogP contribution in [0.4, 0.5) is 0 Å². The van der Waals surface area contributed by atoms with Gasteiger partial charge in [0.2, 0.25) is 0 Å². The van der Waals surface area contributed by atoms with Crippen LogP contribution in [0.15, 0.2) is 30.4 Å². The van der Waals surface area contributed by atoms with Crippen molar-refractivity contribution in [3.63, 3.8) is 0 Å². The summed E-state index contributed by atoms with van der Waals surface area (Å²) in [5, 5.41) is 8.13. The number of amidine groups is 1. The van der Waals surface area contributed by atoms with Crippen LogP contribution in [0.1, 0.15) is 6.92 Å². The highest BCUT2D eigenvalue weighted by molar-refractivity contribution is 9.11. The first kappa shape index (κ1) is 8.07. The molecule has 2 aliphatic rings. The first-order chi connectivity index (χ1) is 5.68. The molecule has 2 rings (SSSR count). The molecule has 0 spiro atoms. The minimum Gasteiger partial charge on any atom is -0.237 e. The molecule has 0 aromatic carbocycles. The van der Waals surface area contributed by atoms with Gasteiger partial charge in [-0.2, -0.15) is 5.11 Å². The third-order valence-electron chi connectivity index (χ3n) is 1.53. The Labute approximate surface area is 82.3 Å². The molecule has 0 radical (unpaired) electrons. The van der Waals surface area contributed by atoms with E-state index in [4.69, 9.17) is 11.6 Å². The van der Waals surface area contributed by atoms with Crippen LogP contribution >= 0.6 is 27.5 Å². The fourth-order valence-electron chi connectivity index (χ4n) is 1.01. The molecular formula is C6H4BrClN4. The summed E-state index contributed by atoms with van der Waals surface area (Å²) >= 11 is 9.09. The SMILES string of the molecule is CC1=N[C@H]2N=NC(Br)=C2C(Cl)=N1. The molecule has 0 saturated heterocycles. The number of rotatable bonds is 0. The molecule has 6 heteroatoms. The molecule has 1 atom stereocenters. The van der Waals surface area contributed by atoms with E-state index < -0.39 is 0 Å². The minimum atomic E-state index is -0.288. The molecule has 0 amide bonds. The third kappa shape index (κ3) is 1.13. The Morgan fingerprint density at radius 3 is 3.00 bits per heavy atom. The summed E-state index contributed by atoms with van der Waals surface area (Å²) in [6, 6.07) is 0. The first-order valence-corrected chi connectivity index (χ1v) is 4.45. The zero-order valence-corrected chi connectivity index (χ0v) is 8.46. The average molecular weight is 247 g/mol. The van der Waals surface area contributed by atoms with Gasteiger partial charge in [-0.1, -0.05) is 11.6 Å². The predicted molar refractivity (Wildman–Crippen MR) is 51.0 cm³/mol. The van der Waals surface area contributed by atoms with Gasteiger partial charge in [-0.3, -0.25) is 0 Å². The number of halogens is 2. The molecular weight excluding hydrogens is 243 g/mol. The van der Waals surface area contributed by atoms with Crippen LogP contribution in [0.25, 0.3) is 0 Å². The van der Waals surface area contributed by atoms with Crippen molar-refractivity contribution in [3.05, 3.63) is 10.2 Å². The normalized spacial score (nSPS) is 27.1. The van der Waals surface area contributed by atoms with E-state index in [2.05, 4.69) is 36.1 Å². The zero-order chi connectivity index (χ0) is 8.72. The van der Waals surface area contributed by atoms with E-state index in [9.17, 15) is 0 Å². The van der Waals surface area contributed by atoms with Crippen molar-refractivity contribution < 1.29 is 0 Å². The van der Waals surface area contributed by atoms with E-state index in [0.29, 0.717) is 15.6 Å². The summed E-state index contributed by atoms with van der Waals surface area (Å²) in [7, 11) is 0. The molecule has 2 aliphatic heterocycles. The maximum Gasteiger partial charge on any atom is 0.193 e. The van der Waals surface area contributed by atoms with Crippen molar-refractivity contribution in [2.75, 3.05) is 0 Å². The summed E-state index contributed by atoms with van der Waals surface area (Å²) in [6.07, 6.45) is -0.288. The van der Waals surface area contributed by atoms with E-state index >= 15 is 0 Å². The highest BCUT2D eigenvalue weighted by Crippen LogP contribution is 2.31. The molecule has 0 aromatic rings. The van der Waals surface area contributed by atoms with Crippen LogP contribution in [0.5, 0.6) is 0 Å². The van der Waals surface area contributed by atoms with Gasteiger partial charge < -0.3 is 0 Å². The lowest BCUT2D eigenvalue weighted by Gasteiger charge is -2.10. The van der Waals surface area contributed by atoms with Gasteiger partial charge in [0.05, 0.1) is 5.57 Å². The van der Waals surface area contributed by atoms with Gasteiger partial charge in [-0.05, 0) is 22.9 Å². The second kappa shape index (κ2) is 2.74. The van der Waals surface area contributed by atoms with E-state index in [0.717, 1.165) is 5.57 Å². The lowest BCUT2D eigenvalue weighted by Crippen LogP contribution is -2.16. The van der Waals surface area contributed by atoms with Gasteiger partial charge in [0.25, 0.3) is 0 Å². The van der Waals surface area contributed by atoms with Gasteiger partial charge in [-0.25, -0.2) is 9.98 Å². The van der Waals surface area contributed by atoms with Crippen molar-refractivity contribution in [1.82, 2.24) is 0 Å². The fraction of sp³-hybridized carbons (Fsp3) is 0.333. The molecule has 0 unspecified atom stereocenters.